The molecule has 2 nitrogen and oxygen atoms in total. The SMILES string of the molecule is CC(C)(CCC[C@]1(C)CCCC(=O)C1)O[Si](C)(C)C(C)(C)C. The van der Waals surface area contributed by atoms with Gasteiger partial charge < -0.3 is 4.43 Å². The normalized spacial score (nSPS) is 24.6. The lowest BCUT2D eigenvalue weighted by Gasteiger charge is -2.43. The summed E-state index contributed by atoms with van der Waals surface area (Å²) in [6, 6.07) is 0. The molecule has 1 fully saturated rings. The van der Waals surface area contributed by atoms with Crippen molar-refractivity contribution in [2.24, 2.45) is 5.41 Å². The Morgan fingerprint density at radius 1 is 1.18 bits per heavy atom. The quantitative estimate of drug-likeness (QED) is 0.551. The van der Waals surface area contributed by atoms with Crippen LogP contribution in [0, 0.1) is 5.41 Å². The number of rotatable bonds is 6. The first kappa shape index (κ1) is 19.9. The van der Waals surface area contributed by atoms with Gasteiger partial charge in [-0.25, -0.2) is 0 Å². The van der Waals surface area contributed by atoms with Crippen LogP contribution >= 0.6 is 0 Å². The van der Waals surface area contributed by atoms with E-state index >= 15 is 0 Å². The molecule has 1 atom stereocenters. The molecule has 0 spiro atoms. The third-order valence-electron chi connectivity index (χ3n) is 5.76. The molecule has 0 aromatic carbocycles. The molecule has 0 heterocycles. The molecule has 0 N–H and O–H groups in total. The number of ketones is 1. The lowest BCUT2D eigenvalue weighted by molar-refractivity contribution is -0.123. The highest BCUT2D eigenvalue weighted by atomic mass is 28.4. The second-order valence-corrected chi connectivity index (χ2v) is 14.6. The summed E-state index contributed by atoms with van der Waals surface area (Å²) < 4.78 is 6.61. The van der Waals surface area contributed by atoms with Crippen LogP contribution in [0.25, 0.3) is 0 Å². The third kappa shape index (κ3) is 5.81. The van der Waals surface area contributed by atoms with E-state index in [2.05, 4.69) is 54.6 Å². The van der Waals surface area contributed by atoms with Gasteiger partial charge in [-0.1, -0.05) is 34.1 Å². The predicted octanol–water partition coefficient (Wildman–Crippen LogP) is 6.11. The fraction of sp³-hybridized carbons (Fsp3) is 0.947. The fourth-order valence-electron chi connectivity index (χ4n) is 3.41. The van der Waals surface area contributed by atoms with Crippen LogP contribution in [-0.2, 0) is 9.22 Å². The van der Waals surface area contributed by atoms with Gasteiger partial charge in [0.2, 0.25) is 0 Å². The molecule has 0 unspecified atom stereocenters. The minimum atomic E-state index is -1.71. The zero-order chi connectivity index (χ0) is 17.2. The van der Waals surface area contributed by atoms with E-state index in [-0.39, 0.29) is 16.1 Å². The minimum absolute atomic E-state index is 0.0575. The van der Waals surface area contributed by atoms with Crippen molar-refractivity contribution in [3.63, 3.8) is 0 Å². The van der Waals surface area contributed by atoms with Crippen molar-refractivity contribution in [1.29, 1.82) is 0 Å². The van der Waals surface area contributed by atoms with E-state index in [9.17, 15) is 4.79 Å². The second kappa shape index (κ2) is 6.76. The number of hydrogen-bond donors (Lipinski definition) is 0. The molecule has 0 aliphatic heterocycles. The topological polar surface area (TPSA) is 26.3 Å². The Hall–Kier alpha value is -0.153. The number of carbonyl (C=O) groups excluding carboxylic acids is 1. The molecule has 0 radical (unpaired) electrons. The predicted molar refractivity (Wildman–Crippen MR) is 97.8 cm³/mol. The molecule has 1 aliphatic rings. The van der Waals surface area contributed by atoms with Crippen molar-refractivity contribution in [3.05, 3.63) is 0 Å². The molecule has 0 aromatic rings. The van der Waals surface area contributed by atoms with E-state index in [1.807, 2.05) is 0 Å². The number of hydrogen-bond acceptors (Lipinski definition) is 2. The average Bonchev–Trinajstić information content (AvgIpc) is 2.24. The van der Waals surface area contributed by atoms with Crippen LogP contribution in [0.15, 0.2) is 0 Å². The van der Waals surface area contributed by atoms with Gasteiger partial charge in [-0.05, 0) is 63.1 Å². The molecule has 3 heteroatoms. The lowest BCUT2D eigenvalue weighted by atomic mass is 9.71. The van der Waals surface area contributed by atoms with E-state index in [1.165, 1.54) is 6.42 Å². The van der Waals surface area contributed by atoms with Crippen molar-refractivity contribution < 1.29 is 9.22 Å². The summed E-state index contributed by atoms with van der Waals surface area (Å²) in [6.45, 7) is 18.3. The van der Waals surface area contributed by atoms with Gasteiger partial charge in [0.1, 0.15) is 5.78 Å². The first-order chi connectivity index (χ1) is 9.77. The van der Waals surface area contributed by atoms with Crippen molar-refractivity contribution >= 4 is 14.1 Å². The van der Waals surface area contributed by atoms with E-state index < -0.39 is 8.32 Å². The second-order valence-electron chi connectivity index (χ2n) is 9.86. The van der Waals surface area contributed by atoms with Gasteiger partial charge in [-0.15, -0.1) is 0 Å². The summed E-state index contributed by atoms with van der Waals surface area (Å²) in [5.74, 6) is 0.463. The van der Waals surface area contributed by atoms with Crippen LogP contribution in [0.5, 0.6) is 0 Å². The average molecular weight is 327 g/mol. The van der Waals surface area contributed by atoms with Gasteiger partial charge in [0, 0.05) is 12.8 Å². The maximum atomic E-state index is 11.7. The van der Waals surface area contributed by atoms with E-state index in [4.69, 9.17) is 4.43 Å². The molecule has 22 heavy (non-hydrogen) atoms. The Bertz CT molecular complexity index is 393. The maximum absolute atomic E-state index is 11.7. The van der Waals surface area contributed by atoms with Gasteiger partial charge in [0.05, 0.1) is 5.60 Å². The third-order valence-corrected chi connectivity index (χ3v) is 10.4. The van der Waals surface area contributed by atoms with E-state index in [1.54, 1.807) is 0 Å². The van der Waals surface area contributed by atoms with Gasteiger partial charge in [0.25, 0.3) is 0 Å². The summed E-state index contributed by atoms with van der Waals surface area (Å²) in [7, 11) is -1.71. The molecule has 1 rings (SSSR count). The van der Waals surface area contributed by atoms with Crippen molar-refractivity contribution in [1.82, 2.24) is 0 Å². The smallest absolute Gasteiger partial charge is 0.192 e. The highest BCUT2D eigenvalue weighted by Gasteiger charge is 2.41. The van der Waals surface area contributed by atoms with Crippen molar-refractivity contribution in [2.45, 2.75) is 110 Å². The summed E-state index contributed by atoms with van der Waals surface area (Å²) in [5, 5.41) is 0.256. The molecule has 1 saturated carbocycles. The standard InChI is InChI=1S/C19H38O2Si/c1-17(2,3)22(7,8)21-18(4,5)12-10-14-19(6)13-9-11-16(20)15-19/h9-15H2,1-8H3/t19-/m0/s1. The van der Waals surface area contributed by atoms with E-state index in [0.29, 0.717) is 5.78 Å². The summed E-state index contributed by atoms with van der Waals surface area (Å²) >= 11 is 0. The largest absolute Gasteiger partial charge is 0.412 e. The number of Topliss-reactive ketones (excluding diaryl/α,β-unsaturated/α-hetero) is 1. The summed E-state index contributed by atoms with van der Waals surface area (Å²) in [5.41, 5.74) is 0.181. The molecular weight excluding hydrogens is 288 g/mol. The van der Waals surface area contributed by atoms with Crippen LogP contribution < -0.4 is 0 Å². The van der Waals surface area contributed by atoms with Gasteiger partial charge >= 0.3 is 0 Å². The molecule has 0 bridgehead atoms. The Labute approximate surface area is 139 Å². The monoisotopic (exact) mass is 326 g/mol. The molecule has 0 aromatic heterocycles. The van der Waals surface area contributed by atoms with Gasteiger partial charge in [-0.3, -0.25) is 4.79 Å². The molecule has 0 saturated heterocycles. The summed E-state index contributed by atoms with van der Waals surface area (Å²) in [4.78, 5) is 11.7. The fourth-order valence-corrected chi connectivity index (χ4v) is 5.20. The van der Waals surface area contributed by atoms with Crippen LogP contribution in [-0.4, -0.2) is 19.7 Å². The first-order valence-corrected chi connectivity index (χ1v) is 11.9. The van der Waals surface area contributed by atoms with Crippen molar-refractivity contribution in [3.8, 4) is 0 Å². The highest BCUT2D eigenvalue weighted by Crippen LogP contribution is 2.42. The van der Waals surface area contributed by atoms with E-state index in [0.717, 1.165) is 38.5 Å². The maximum Gasteiger partial charge on any atom is 0.192 e. The molecule has 0 amide bonds. The zero-order valence-corrected chi connectivity index (χ0v) is 17.3. The van der Waals surface area contributed by atoms with Crippen LogP contribution in [0.4, 0.5) is 0 Å². The minimum Gasteiger partial charge on any atom is -0.412 e. The first-order valence-electron chi connectivity index (χ1n) is 8.98. The zero-order valence-electron chi connectivity index (χ0n) is 16.3. The Kier molecular flexibility index (Phi) is 6.11. The lowest BCUT2D eigenvalue weighted by Crippen LogP contribution is -2.47. The Balaban J connectivity index is 2.50. The van der Waals surface area contributed by atoms with Crippen LogP contribution in [0.3, 0.4) is 0 Å². The summed E-state index contributed by atoms with van der Waals surface area (Å²) in [6.07, 6.45) is 7.28. The van der Waals surface area contributed by atoms with Gasteiger partial charge in [-0.2, -0.15) is 0 Å². The van der Waals surface area contributed by atoms with Crippen molar-refractivity contribution in [2.75, 3.05) is 0 Å². The number of carbonyl (C=O) groups is 1. The Morgan fingerprint density at radius 2 is 1.77 bits per heavy atom. The van der Waals surface area contributed by atoms with Gasteiger partial charge in [0.15, 0.2) is 8.32 Å². The molecule has 1 aliphatic carbocycles. The van der Waals surface area contributed by atoms with Crippen LogP contribution in [0.1, 0.15) is 86.5 Å². The molecule has 130 valence electrons. The van der Waals surface area contributed by atoms with Crippen LogP contribution in [0.2, 0.25) is 18.1 Å². The Morgan fingerprint density at radius 3 is 2.27 bits per heavy atom. The highest BCUT2D eigenvalue weighted by molar-refractivity contribution is 6.74. The molecular formula is C19H38O2Si.